The Morgan fingerprint density at radius 1 is 1.18 bits per heavy atom. The highest BCUT2D eigenvalue weighted by molar-refractivity contribution is 5.75. The number of aliphatic hydroxyl groups excluding tert-OH is 1. The van der Waals surface area contributed by atoms with E-state index in [1.165, 1.54) is 19.4 Å². The zero-order valence-corrected chi connectivity index (χ0v) is 13.4. The van der Waals surface area contributed by atoms with E-state index in [0.29, 0.717) is 5.57 Å². The maximum Gasteiger partial charge on any atom is 0.312 e. The second kappa shape index (κ2) is 8.35. The van der Waals surface area contributed by atoms with Crippen LogP contribution in [0, 0.1) is 5.41 Å². The normalized spacial score (nSPS) is 14.6. The number of aliphatic carboxylic acids is 1. The Bertz CT molecular complexity index is 566. The SMILES string of the molecule is C/C(=C/C=C/C=C/Cc1ccccc1)C(O)C(C)(C)C(=O)O. The number of carboxylic acid groups (broad SMARTS) is 1. The van der Waals surface area contributed by atoms with Gasteiger partial charge in [0.2, 0.25) is 0 Å². The Labute approximate surface area is 132 Å². The number of hydrogen-bond donors (Lipinski definition) is 2. The summed E-state index contributed by atoms with van der Waals surface area (Å²) in [5.74, 6) is -1.01. The van der Waals surface area contributed by atoms with Gasteiger partial charge in [-0.05, 0) is 38.3 Å². The summed E-state index contributed by atoms with van der Waals surface area (Å²) in [6, 6.07) is 10.2. The Morgan fingerprint density at radius 3 is 2.41 bits per heavy atom. The van der Waals surface area contributed by atoms with Crippen molar-refractivity contribution in [2.75, 3.05) is 0 Å². The monoisotopic (exact) mass is 300 g/mol. The van der Waals surface area contributed by atoms with E-state index in [-0.39, 0.29) is 0 Å². The van der Waals surface area contributed by atoms with Crippen LogP contribution in [-0.2, 0) is 11.2 Å². The van der Waals surface area contributed by atoms with E-state index in [9.17, 15) is 9.90 Å². The van der Waals surface area contributed by atoms with Crippen LogP contribution in [0.3, 0.4) is 0 Å². The smallest absolute Gasteiger partial charge is 0.312 e. The van der Waals surface area contributed by atoms with E-state index in [2.05, 4.69) is 12.1 Å². The summed E-state index contributed by atoms with van der Waals surface area (Å²) in [5, 5.41) is 19.2. The van der Waals surface area contributed by atoms with Crippen LogP contribution in [0.25, 0.3) is 0 Å². The minimum atomic E-state index is -1.20. The average molecular weight is 300 g/mol. The molecule has 0 bridgehead atoms. The number of carbonyl (C=O) groups is 1. The van der Waals surface area contributed by atoms with E-state index in [0.717, 1.165) is 6.42 Å². The predicted octanol–water partition coefficient (Wildman–Crippen LogP) is 3.76. The molecule has 1 unspecified atom stereocenters. The third-order valence-corrected chi connectivity index (χ3v) is 3.58. The number of hydrogen-bond acceptors (Lipinski definition) is 2. The zero-order chi connectivity index (χ0) is 16.6. The Kier molecular flexibility index (Phi) is 6.80. The first-order chi connectivity index (χ1) is 10.4. The van der Waals surface area contributed by atoms with Crippen LogP contribution in [0.15, 0.2) is 66.3 Å². The summed E-state index contributed by atoms with van der Waals surface area (Å²) in [4.78, 5) is 11.1. The average Bonchev–Trinajstić information content (AvgIpc) is 2.50. The van der Waals surface area contributed by atoms with Crippen molar-refractivity contribution in [3.05, 3.63) is 71.8 Å². The third-order valence-electron chi connectivity index (χ3n) is 3.58. The largest absolute Gasteiger partial charge is 0.481 e. The fraction of sp³-hybridized carbons (Fsp3) is 0.316. The highest BCUT2D eigenvalue weighted by Gasteiger charge is 2.36. The molecule has 0 saturated carbocycles. The molecule has 0 fully saturated rings. The van der Waals surface area contributed by atoms with Gasteiger partial charge in [-0.3, -0.25) is 4.79 Å². The zero-order valence-electron chi connectivity index (χ0n) is 13.4. The van der Waals surface area contributed by atoms with Gasteiger partial charge in [0.15, 0.2) is 0 Å². The molecule has 0 aliphatic heterocycles. The summed E-state index contributed by atoms with van der Waals surface area (Å²) >= 11 is 0. The molecule has 1 rings (SSSR count). The van der Waals surface area contributed by atoms with E-state index in [1.54, 1.807) is 19.1 Å². The summed E-state index contributed by atoms with van der Waals surface area (Å²) in [6.07, 6.45) is 9.25. The first-order valence-corrected chi connectivity index (χ1v) is 7.31. The van der Waals surface area contributed by atoms with Gasteiger partial charge in [0.1, 0.15) is 0 Å². The minimum absolute atomic E-state index is 0.625. The van der Waals surface area contributed by atoms with Crippen molar-refractivity contribution in [3.8, 4) is 0 Å². The van der Waals surface area contributed by atoms with Gasteiger partial charge in [0.05, 0.1) is 11.5 Å². The molecule has 0 heterocycles. The molecule has 1 atom stereocenters. The number of rotatable bonds is 7. The Morgan fingerprint density at radius 2 is 1.82 bits per heavy atom. The van der Waals surface area contributed by atoms with Crippen LogP contribution < -0.4 is 0 Å². The molecule has 0 saturated heterocycles. The molecular weight excluding hydrogens is 276 g/mol. The van der Waals surface area contributed by atoms with Gasteiger partial charge in [0.25, 0.3) is 0 Å². The van der Waals surface area contributed by atoms with Gasteiger partial charge in [-0.1, -0.05) is 60.7 Å². The lowest BCUT2D eigenvalue weighted by Gasteiger charge is -2.26. The Balaban J connectivity index is 2.54. The lowest BCUT2D eigenvalue weighted by molar-refractivity contribution is -0.151. The van der Waals surface area contributed by atoms with Crippen LogP contribution in [0.1, 0.15) is 26.3 Å². The molecule has 0 spiro atoms. The maximum absolute atomic E-state index is 11.1. The molecule has 3 nitrogen and oxygen atoms in total. The van der Waals surface area contributed by atoms with Gasteiger partial charge in [-0.25, -0.2) is 0 Å². The van der Waals surface area contributed by atoms with Crippen molar-refractivity contribution < 1.29 is 15.0 Å². The summed E-state index contributed by atoms with van der Waals surface area (Å²) < 4.78 is 0. The van der Waals surface area contributed by atoms with Crippen molar-refractivity contribution in [1.82, 2.24) is 0 Å². The number of allylic oxidation sites excluding steroid dienone is 5. The first-order valence-electron chi connectivity index (χ1n) is 7.31. The summed E-state index contributed by atoms with van der Waals surface area (Å²) in [7, 11) is 0. The number of benzene rings is 1. The number of aliphatic hydroxyl groups is 1. The molecular formula is C19H24O3. The highest BCUT2D eigenvalue weighted by Crippen LogP contribution is 2.26. The fourth-order valence-corrected chi connectivity index (χ4v) is 1.95. The molecule has 2 N–H and O–H groups in total. The Hall–Kier alpha value is -2.13. The van der Waals surface area contributed by atoms with E-state index >= 15 is 0 Å². The number of carboxylic acids is 1. The molecule has 1 aromatic rings. The molecule has 22 heavy (non-hydrogen) atoms. The first kappa shape index (κ1) is 17.9. The van der Waals surface area contributed by atoms with Crippen molar-refractivity contribution in [3.63, 3.8) is 0 Å². The van der Waals surface area contributed by atoms with Crippen molar-refractivity contribution in [2.24, 2.45) is 5.41 Å². The second-order valence-corrected chi connectivity index (χ2v) is 5.84. The van der Waals surface area contributed by atoms with Gasteiger partial charge in [-0.2, -0.15) is 0 Å². The van der Waals surface area contributed by atoms with Crippen molar-refractivity contribution in [1.29, 1.82) is 0 Å². The van der Waals surface area contributed by atoms with Crippen molar-refractivity contribution in [2.45, 2.75) is 33.3 Å². The van der Waals surface area contributed by atoms with E-state index in [1.807, 2.05) is 36.4 Å². The van der Waals surface area contributed by atoms with Crippen LogP contribution in [0.2, 0.25) is 0 Å². The van der Waals surface area contributed by atoms with Crippen LogP contribution in [-0.4, -0.2) is 22.3 Å². The standard InChI is InChI=1S/C19H24O3/c1-15(17(20)19(2,3)18(21)22)11-7-4-5-8-12-16-13-9-6-10-14-16/h4-11,13-14,17,20H,12H2,1-3H3,(H,21,22)/b7-4+,8-5+,15-11-. The van der Waals surface area contributed by atoms with Gasteiger partial charge >= 0.3 is 5.97 Å². The molecule has 0 aliphatic carbocycles. The molecule has 118 valence electrons. The lowest BCUT2D eigenvalue weighted by atomic mass is 9.83. The molecule has 0 radical (unpaired) electrons. The molecule has 3 heteroatoms. The van der Waals surface area contributed by atoms with Crippen LogP contribution in [0.5, 0.6) is 0 Å². The second-order valence-electron chi connectivity index (χ2n) is 5.84. The predicted molar refractivity (Wildman–Crippen MR) is 89.6 cm³/mol. The van der Waals surface area contributed by atoms with E-state index in [4.69, 9.17) is 5.11 Å². The third kappa shape index (κ3) is 5.34. The quantitative estimate of drug-likeness (QED) is 0.754. The van der Waals surface area contributed by atoms with Gasteiger partial charge in [-0.15, -0.1) is 0 Å². The topological polar surface area (TPSA) is 57.5 Å². The van der Waals surface area contributed by atoms with Crippen LogP contribution in [0.4, 0.5) is 0 Å². The van der Waals surface area contributed by atoms with E-state index < -0.39 is 17.5 Å². The molecule has 0 amide bonds. The van der Waals surface area contributed by atoms with Gasteiger partial charge < -0.3 is 10.2 Å². The fourth-order valence-electron chi connectivity index (χ4n) is 1.95. The molecule has 1 aromatic carbocycles. The van der Waals surface area contributed by atoms with Crippen molar-refractivity contribution >= 4 is 5.97 Å². The minimum Gasteiger partial charge on any atom is -0.481 e. The molecule has 0 aliphatic rings. The lowest BCUT2D eigenvalue weighted by Crippen LogP contribution is -2.37. The maximum atomic E-state index is 11.1. The van der Waals surface area contributed by atoms with Crippen LogP contribution >= 0.6 is 0 Å². The van der Waals surface area contributed by atoms with Gasteiger partial charge in [0, 0.05) is 0 Å². The summed E-state index contributed by atoms with van der Waals surface area (Å²) in [5.41, 5.74) is 0.676. The molecule has 0 aromatic heterocycles. The summed E-state index contributed by atoms with van der Waals surface area (Å²) in [6.45, 7) is 4.76. The highest BCUT2D eigenvalue weighted by atomic mass is 16.4.